The molecule has 1 aliphatic rings. The summed E-state index contributed by atoms with van der Waals surface area (Å²) in [7, 11) is 0. The first-order valence-electron chi connectivity index (χ1n) is 9.22. The van der Waals surface area contributed by atoms with Crippen molar-refractivity contribution in [3.8, 4) is 11.3 Å². The number of benzene rings is 1. The first-order chi connectivity index (χ1) is 12.8. The zero-order valence-corrected chi connectivity index (χ0v) is 17.2. The Labute approximate surface area is 169 Å². The molecule has 0 aliphatic carbocycles. The van der Waals surface area contributed by atoms with Gasteiger partial charge in [-0.1, -0.05) is 48.3 Å². The number of carboxylic acid groups (broad SMARTS) is 1. The third-order valence-electron chi connectivity index (χ3n) is 5.27. The van der Waals surface area contributed by atoms with Crippen LogP contribution in [0.2, 0.25) is 10.0 Å². The van der Waals surface area contributed by atoms with E-state index in [0.29, 0.717) is 33.8 Å². The van der Waals surface area contributed by atoms with Crippen molar-refractivity contribution in [2.75, 3.05) is 6.54 Å². The van der Waals surface area contributed by atoms with E-state index in [1.165, 1.54) is 4.90 Å². The van der Waals surface area contributed by atoms with E-state index in [1.54, 1.807) is 18.2 Å². The standard InChI is InChI=1S/C20H24Cl2N2O3/c1-11(2)19-14(10-13-7-8-24(20(25)26)12(3)9-13)18(23-27-19)17-15(21)5-4-6-16(17)22/h4-6,11-13H,7-10H2,1-3H3,(H,25,26). The van der Waals surface area contributed by atoms with Crippen LogP contribution in [-0.4, -0.2) is 33.8 Å². The number of amides is 1. The molecule has 1 fully saturated rings. The monoisotopic (exact) mass is 410 g/mol. The Morgan fingerprint density at radius 1 is 1.37 bits per heavy atom. The molecule has 0 bridgehead atoms. The van der Waals surface area contributed by atoms with Crippen molar-refractivity contribution in [1.82, 2.24) is 10.1 Å². The number of carbonyl (C=O) groups is 1. The lowest BCUT2D eigenvalue weighted by Gasteiger charge is -2.36. The van der Waals surface area contributed by atoms with E-state index in [2.05, 4.69) is 19.0 Å². The van der Waals surface area contributed by atoms with Crippen LogP contribution in [0.15, 0.2) is 22.7 Å². The van der Waals surface area contributed by atoms with E-state index in [1.807, 2.05) is 6.92 Å². The smallest absolute Gasteiger partial charge is 0.407 e. The molecule has 1 amide bonds. The summed E-state index contributed by atoms with van der Waals surface area (Å²) >= 11 is 12.8. The van der Waals surface area contributed by atoms with Crippen LogP contribution >= 0.6 is 23.2 Å². The van der Waals surface area contributed by atoms with Crippen LogP contribution in [0.3, 0.4) is 0 Å². The van der Waals surface area contributed by atoms with Gasteiger partial charge in [-0.15, -0.1) is 0 Å². The maximum absolute atomic E-state index is 11.3. The molecule has 1 N–H and O–H groups in total. The minimum Gasteiger partial charge on any atom is -0.465 e. The van der Waals surface area contributed by atoms with Gasteiger partial charge in [0, 0.05) is 29.6 Å². The molecule has 0 saturated carbocycles. The predicted octanol–water partition coefficient (Wildman–Crippen LogP) is 6.09. The van der Waals surface area contributed by atoms with Gasteiger partial charge in [-0.3, -0.25) is 0 Å². The first-order valence-corrected chi connectivity index (χ1v) is 9.97. The maximum Gasteiger partial charge on any atom is 0.407 e. The second kappa shape index (κ2) is 8.11. The molecule has 27 heavy (non-hydrogen) atoms. The third-order valence-corrected chi connectivity index (χ3v) is 5.90. The van der Waals surface area contributed by atoms with Crippen LogP contribution < -0.4 is 0 Å². The summed E-state index contributed by atoms with van der Waals surface area (Å²) in [5.74, 6) is 1.38. The average Bonchev–Trinajstić information content (AvgIpc) is 2.98. The van der Waals surface area contributed by atoms with E-state index < -0.39 is 6.09 Å². The van der Waals surface area contributed by atoms with Gasteiger partial charge < -0.3 is 14.5 Å². The fourth-order valence-electron chi connectivity index (χ4n) is 3.92. The van der Waals surface area contributed by atoms with Gasteiger partial charge in [-0.2, -0.15) is 0 Å². The summed E-state index contributed by atoms with van der Waals surface area (Å²) in [5, 5.41) is 14.7. The molecule has 2 heterocycles. The molecular formula is C20H24Cl2N2O3. The summed E-state index contributed by atoms with van der Waals surface area (Å²) in [6.07, 6.45) is 1.54. The minimum atomic E-state index is -0.850. The number of likely N-dealkylation sites (tertiary alicyclic amines) is 1. The van der Waals surface area contributed by atoms with E-state index in [0.717, 1.165) is 30.6 Å². The average molecular weight is 411 g/mol. The Kier molecular flexibility index (Phi) is 6.02. The topological polar surface area (TPSA) is 66.6 Å². The minimum absolute atomic E-state index is 0.00374. The highest BCUT2D eigenvalue weighted by atomic mass is 35.5. The SMILES string of the molecule is CC(C)c1onc(-c2c(Cl)cccc2Cl)c1CC1CCN(C(=O)O)C(C)C1. The van der Waals surface area contributed by atoms with Crippen molar-refractivity contribution in [3.05, 3.63) is 39.6 Å². The van der Waals surface area contributed by atoms with Crippen LogP contribution in [-0.2, 0) is 6.42 Å². The lowest BCUT2D eigenvalue weighted by molar-refractivity contribution is 0.0960. The summed E-state index contributed by atoms with van der Waals surface area (Å²) in [6.45, 7) is 6.64. The second-order valence-corrected chi connectivity index (χ2v) is 8.36. The van der Waals surface area contributed by atoms with Gasteiger partial charge in [0.2, 0.25) is 0 Å². The van der Waals surface area contributed by atoms with Gasteiger partial charge in [0.05, 0.1) is 10.0 Å². The van der Waals surface area contributed by atoms with Crippen molar-refractivity contribution in [2.24, 2.45) is 5.92 Å². The van der Waals surface area contributed by atoms with Gasteiger partial charge in [0.1, 0.15) is 11.5 Å². The number of rotatable bonds is 4. The van der Waals surface area contributed by atoms with Gasteiger partial charge in [0.25, 0.3) is 0 Å². The number of nitrogens with zero attached hydrogens (tertiary/aromatic N) is 2. The molecule has 1 aromatic carbocycles. The summed E-state index contributed by atoms with van der Waals surface area (Å²) in [4.78, 5) is 12.8. The van der Waals surface area contributed by atoms with Gasteiger partial charge in [-0.05, 0) is 44.2 Å². The summed E-state index contributed by atoms with van der Waals surface area (Å²) < 4.78 is 5.68. The highest BCUT2D eigenvalue weighted by Gasteiger charge is 2.31. The fourth-order valence-corrected chi connectivity index (χ4v) is 4.50. The van der Waals surface area contributed by atoms with E-state index in [9.17, 15) is 9.90 Å². The van der Waals surface area contributed by atoms with Crippen LogP contribution in [0.4, 0.5) is 4.79 Å². The zero-order chi connectivity index (χ0) is 19.7. The molecule has 7 heteroatoms. The number of aromatic nitrogens is 1. The number of hydrogen-bond donors (Lipinski definition) is 1. The first kappa shape index (κ1) is 20.0. The highest BCUT2D eigenvalue weighted by Crippen LogP contribution is 2.40. The normalized spacial score (nSPS) is 20.3. The van der Waals surface area contributed by atoms with Crippen molar-refractivity contribution in [3.63, 3.8) is 0 Å². The van der Waals surface area contributed by atoms with Crippen LogP contribution in [0.5, 0.6) is 0 Å². The molecule has 1 saturated heterocycles. The van der Waals surface area contributed by atoms with E-state index >= 15 is 0 Å². The van der Waals surface area contributed by atoms with E-state index in [-0.39, 0.29) is 12.0 Å². The number of hydrogen-bond acceptors (Lipinski definition) is 3. The van der Waals surface area contributed by atoms with Crippen LogP contribution in [0.1, 0.15) is 50.9 Å². The van der Waals surface area contributed by atoms with Crippen molar-refractivity contribution < 1.29 is 14.4 Å². The molecule has 2 unspecified atom stereocenters. The molecule has 1 aliphatic heterocycles. The quantitative estimate of drug-likeness (QED) is 0.661. The van der Waals surface area contributed by atoms with E-state index in [4.69, 9.17) is 27.7 Å². The predicted molar refractivity (Wildman–Crippen MR) is 107 cm³/mol. The van der Waals surface area contributed by atoms with Crippen molar-refractivity contribution in [1.29, 1.82) is 0 Å². The number of halogens is 2. The Balaban J connectivity index is 1.93. The molecule has 5 nitrogen and oxygen atoms in total. The molecule has 146 valence electrons. The summed E-state index contributed by atoms with van der Waals surface area (Å²) in [6, 6.07) is 5.39. The molecular weight excluding hydrogens is 387 g/mol. The maximum atomic E-state index is 11.3. The molecule has 0 spiro atoms. The third kappa shape index (κ3) is 4.09. The van der Waals surface area contributed by atoms with Gasteiger partial charge >= 0.3 is 6.09 Å². The Hall–Kier alpha value is -1.72. The Bertz CT molecular complexity index is 814. The Morgan fingerprint density at radius 3 is 2.59 bits per heavy atom. The molecule has 2 atom stereocenters. The Morgan fingerprint density at radius 2 is 2.04 bits per heavy atom. The second-order valence-electron chi connectivity index (χ2n) is 7.54. The van der Waals surface area contributed by atoms with Gasteiger partial charge in [-0.25, -0.2) is 4.79 Å². The molecule has 1 aromatic heterocycles. The molecule has 2 aromatic rings. The summed E-state index contributed by atoms with van der Waals surface area (Å²) in [5.41, 5.74) is 2.42. The van der Waals surface area contributed by atoms with Crippen molar-refractivity contribution in [2.45, 2.75) is 52.0 Å². The van der Waals surface area contributed by atoms with Crippen molar-refractivity contribution >= 4 is 29.3 Å². The lowest BCUT2D eigenvalue weighted by atomic mass is 9.84. The van der Waals surface area contributed by atoms with Crippen LogP contribution in [0, 0.1) is 5.92 Å². The van der Waals surface area contributed by atoms with Gasteiger partial charge in [0.15, 0.2) is 0 Å². The molecule has 0 radical (unpaired) electrons. The lowest BCUT2D eigenvalue weighted by Crippen LogP contribution is -2.44. The largest absolute Gasteiger partial charge is 0.465 e. The zero-order valence-electron chi connectivity index (χ0n) is 15.7. The number of piperidine rings is 1. The molecule has 3 rings (SSSR count). The van der Waals surface area contributed by atoms with Crippen LogP contribution in [0.25, 0.3) is 11.3 Å². The fraction of sp³-hybridized carbons (Fsp3) is 0.500. The highest BCUT2D eigenvalue weighted by molar-refractivity contribution is 6.39.